The van der Waals surface area contributed by atoms with E-state index in [2.05, 4.69) is 5.32 Å². The summed E-state index contributed by atoms with van der Waals surface area (Å²) in [7, 11) is 2.37. The van der Waals surface area contributed by atoms with E-state index < -0.39 is 16.1 Å². The quantitative estimate of drug-likeness (QED) is 0.397. The summed E-state index contributed by atoms with van der Waals surface area (Å²) in [5.41, 5.74) is 1.66. The van der Waals surface area contributed by atoms with Crippen LogP contribution in [0.4, 0.5) is 0 Å². The maximum absolute atomic E-state index is 13.3. The summed E-state index contributed by atoms with van der Waals surface area (Å²) in [5.74, 6) is 1.64. The fourth-order valence-electron chi connectivity index (χ4n) is 3.84. The Morgan fingerprint density at radius 1 is 0.889 bits per heavy atom. The number of rotatable bonds is 12. The zero-order chi connectivity index (χ0) is 26.1. The number of carbonyl (C=O) groups excluding carboxylic acids is 1. The van der Waals surface area contributed by atoms with Crippen LogP contribution in [0.15, 0.2) is 77.7 Å². The first-order valence-corrected chi connectivity index (χ1v) is 12.9. The predicted octanol–water partition coefficient (Wildman–Crippen LogP) is 3.82. The number of hydrogen-bond donors (Lipinski definition) is 1. The molecule has 8 nitrogen and oxygen atoms in total. The number of hydrogen-bond acceptors (Lipinski definition) is 6. The van der Waals surface area contributed by atoms with Crippen LogP contribution >= 0.6 is 0 Å². The molecule has 36 heavy (non-hydrogen) atoms. The molecule has 1 atom stereocenters. The van der Waals surface area contributed by atoms with Crippen LogP contribution in [0.2, 0.25) is 0 Å². The van der Waals surface area contributed by atoms with Gasteiger partial charge in [-0.15, -0.1) is 0 Å². The molecule has 0 fully saturated rings. The van der Waals surface area contributed by atoms with Gasteiger partial charge in [0.1, 0.15) is 5.75 Å². The van der Waals surface area contributed by atoms with Gasteiger partial charge in [-0.3, -0.25) is 4.79 Å². The zero-order valence-electron chi connectivity index (χ0n) is 20.9. The second-order valence-corrected chi connectivity index (χ2v) is 10.1. The molecule has 3 rings (SSSR count). The monoisotopic (exact) mass is 512 g/mol. The molecule has 0 aliphatic heterocycles. The van der Waals surface area contributed by atoms with E-state index in [0.29, 0.717) is 35.8 Å². The van der Waals surface area contributed by atoms with Crippen molar-refractivity contribution in [3.05, 3.63) is 83.9 Å². The third kappa shape index (κ3) is 6.56. The van der Waals surface area contributed by atoms with Gasteiger partial charge in [-0.2, -0.15) is 4.31 Å². The van der Waals surface area contributed by atoms with Crippen LogP contribution in [0.3, 0.4) is 0 Å². The molecule has 0 radical (unpaired) electrons. The molecule has 1 amide bonds. The van der Waals surface area contributed by atoms with Crippen molar-refractivity contribution in [1.82, 2.24) is 9.62 Å². The van der Waals surface area contributed by atoms with Gasteiger partial charge < -0.3 is 19.5 Å². The molecule has 0 spiro atoms. The first-order valence-electron chi connectivity index (χ1n) is 11.4. The van der Waals surface area contributed by atoms with Gasteiger partial charge >= 0.3 is 0 Å². The fraction of sp³-hybridized carbons (Fsp3) is 0.296. The minimum Gasteiger partial charge on any atom is -0.497 e. The van der Waals surface area contributed by atoms with Crippen LogP contribution in [0.5, 0.6) is 17.2 Å². The first-order chi connectivity index (χ1) is 17.3. The Labute approximate surface area is 212 Å². The summed E-state index contributed by atoms with van der Waals surface area (Å²) >= 11 is 0. The van der Waals surface area contributed by atoms with Gasteiger partial charge in [0.15, 0.2) is 11.5 Å². The Balaban J connectivity index is 1.74. The molecule has 1 N–H and O–H groups in total. The van der Waals surface area contributed by atoms with Gasteiger partial charge in [-0.1, -0.05) is 36.4 Å². The van der Waals surface area contributed by atoms with E-state index in [4.69, 9.17) is 14.2 Å². The third-order valence-corrected chi connectivity index (χ3v) is 7.80. The number of sulfonamides is 1. The van der Waals surface area contributed by atoms with Crippen LogP contribution in [-0.4, -0.2) is 53.6 Å². The van der Waals surface area contributed by atoms with Crippen molar-refractivity contribution in [2.24, 2.45) is 0 Å². The van der Waals surface area contributed by atoms with Gasteiger partial charge in [0.25, 0.3) is 0 Å². The molecule has 3 aromatic carbocycles. The van der Waals surface area contributed by atoms with Gasteiger partial charge in [-0.25, -0.2) is 8.42 Å². The van der Waals surface area contributed by atoms with E-state index in [1.807, 2.05) is 18.2 Å². The lowest BCUT2D eigenvalue weighted by molar-refractivity contribution is -0.121. The SMILES string of the molecule is COc1ccc([C@H](CC(=O)NCCc2ccc(OC)c(OC)c2)N(C)S(=O)(=O)c2ccccc2)cc1. The number of benzene rings is 3. The summed E-state index contributed by atoms with van der Waals surface area (Å²) < 4.78 is 43.7. The largest absolute Gasteiger partial charge is 0.497 e. The van der Waals surface area contributed by atoms with E-state index in [9.17, 15) is 13.2 Å². The minimum absolute atomic E-state index is 0.0408. The summed E-state index contributed by atoms with van der Waals surface area (Å²) in [4.78, 5) is 13.1. The molecular formula is C27H32N2O6S. The molecule has 0 aromatic heterocycles. The number of nitrogens with one attached hydrogen (secondary N) is 1. The average molecular weight is 513 g/mol. The highest BCUT2D eigenvalue weighted by Gasteiger charge is 2.30. The molecule has 0 saturated carbocycles. The molecular weight excluding hydrogens is 480 g/mol. The maximum atomic E-state index is 13.3. The lowest BCUT2D eigenvalue weighted by Gasteiger charge is -2.28. The van der Waals surface area contributed by atoms with Gasteiger partial charge in [0.05, 0.1) is 32.3 Å². The highest BCUT2D eigenvalue weighted by molar-refractivity contribution is 7.89. The molecule has 0 heterocycles. The molecule has 0 aliphatic carbocycles. The molecule has 0 saturated heterocycles. The van der Waals surface area contributed by atoms with E-state index in [-0.39, 0.29) is 17.2 Å². The first kappa shape index (κ1) is 27.0. The zero-order valence-corrected chi connectivity index (χ0v) is 21.7. The number of amides is 1. The molecule has 0 unspecified atom stereocenters. The Bertz CT molecular complexity index is 1250. The fourth-order valence-corrected chi connectivity index (χ4v) is 5.20. The van der Waals surface area contributed by atoms with Crippen LogP contribution in [0.25, 0.3) is 0 Å². The van der Waals surface area contributed by atoms with Crippen molar-refractivity contribution in [2.75, 3.05) is 34.9 Å². The number of ether oxygens (including phenoxy) is 3. The topological polar surface area (TPSA) is 94.2 Å². The Hall–Kier alpha value is -3.56. The molecule has 192 valence electrons. The van der Waals surface area contributed by atoms with E-state index in [0.717, 1.165) is 5.56 Å². The smallest absolute Gasteiger partial charge is 0.243 e. The molecule has 9 heteroatoms. The van der Waals surface area contributed by atoms with E-state index in [1.165, 1.54) is 11.4 Å². The Morgan fingerprint density at radius 3 is 2.17 bits per heavy atom. The summed E-state index contributed by atoms with van der Waals surface area (Å²) in [6.07, 6.45) is 0.540. The second-order valence-electron chi connectivity index (χ2n) is 8.12. The van der Waals surface area contributed by atoms with Crippen molar-refractivity contribution in [2.45, 2.75) is 23.8 Å². The predicted molar refractivity (Wildman–Crippen MR) is 138 cm³/mol. The van der Waals surface area contributed by atoms with Gasteiger partial charge in [0, 0.05) is 20.0 Å². The molecule has 0 aliphatic rings. The van der Waals surface area contributed by atoms with Crippen molar-refractivity contribution >= 4 is 15.9 Å². The Morgan fingerprint density at radius 2 is 1.56 bits per heavy atom. The highest BCUT2D eigenvalue weighted by atomic mass is 32.2. The van der Waals surface area contributed by atoms with E-state index in [1.54, 1.807) is 75.9 Å². The summed E-state index contributed by atoms with van der Waals surface area (Å²) in [6.45, 7) is 0.388. The number of carbonyl (C=O) groups is 1. The highest BCUT2D eigenvalue weighted by Crippen LogP contribution is 2.30. The van der Waals surface area contributed by atoms with E-state index >= 15 is 0 Å². The Kier molecular flexibility index (Phi) is 9.32. The summed E-state index contributed by atoms with van der Waals surface area (Å²) in [6, 6.07) is 20.1. The average Bonchev–Trinajstić information content (AvgIpc) is 2.91. The number of nitrogens with zero attached hydrogens (tertiary/aromatic N) is 1. The number of methoxy groups -OCH3 is 3. The van der Waals surface area contributed by atoms with Crippen LogP contribution in [0.1, 0.15) is 23.6 Å². The second kappa shape index (κ2) is 12.4. The molecule has 0 bridgehead atoms. The maximum Gasteiger partial charge on any atom is 0.243 e. The lowest BCUT2D eigenvalue weighted by Crippen LogP contribution is -2.36. The van der Waals surface area contributed by atoms with Crippen LogP contribution in [-0.2, 0) is 21.2 Å². The normalized spacial score (nSPS) is 12.1. The van der Waals surface area contributed by atoms with Crippen molar-refractivity contribution in [3.8, 4) is 17.2 Å². The lowest BCUT2D eigenvalue weighted by atomic mass is 10.0. The van der Waals surface area contributed by atoms with Crippen LogP contribution in [0, 0.1) is 0 Å². The minimum atomic E-state index is -3.83. The molecule has 3 aromatic rings. The van der Waals surface area contributed by atoms with Gasteiger partial charge in [0.2, 0.25) is 15.9 Å². The standard InChI is InChI=1S/C27H32N2O6S/c1-29(36(31,32)23-8-6-5-7-9-23)24(21-11-13-22(33-2)14-12-21)19-27(30)28-17-16-20-10-15-25(34-3)26(18-20)35-4/h5-15,18,24H,16-17,19H2,1-4H3,(H,28,30)/t24-/m0/s1. The van der Waals surface area contributed by atoms with Crippen molar-refractivity contribution < 1.29 is 27.4 Å². The van der Waals surface area contributed by atoms with Crippen molar-refractivity contribution in [3.63, 3.8) is 0 Å². The van der Waals surface area contributed by atoms with Crippen LogP contribution < -0.4 is 19.5 Å². The summed E-state index contributed by atoms with van der Waals surface area (Å²) in [5, 5.41) is 2.91. The third-order valence-electron chi connectivity index (χ3n) is 5.92. The van der Waals surface area contributed by atoms with Crippen molar-refractivity contribution in [1.29, 1.82) is 0 Å². The van der Waals surface area contributed by atoms with Gasteiger partial charge in [-0.05, 0) is 53.9 Å².